The molecule has 0 unspecified atom stereocenters. The maximum absolute atomic E-state index is 12.0. The van der Waals surface area contributed by atoms with Gasteiger partial charge in [-0.25, -0.2) is 14.5 Å². The van der Waals surface area contributed by atoms with Gasteiger partial charge in [-0.2, -0.15) is 0 Å². The van der Waals surface area contributed by atoms with Gasteiger partial charge in [-0.3, -0.25) is 0 Å². The van der Waals surface area contributed by atoms with Crippen molar-refractivity contribution in [1.82, 2.24) is 14.8 Å². The first-order valence-electron chi connectivity index (χ1n) is 7.76. The number of carbonyl (C=O) groups is 1. The summed E-state index contributed by atoms with van der Waals surface area (Å²) in [5, 5.41) is 8.69. The van der Waals surface area contributed by atoms with Gasteiger partial charge in [0.05, 0.1) is 18.4 Å². The normalized spacial score (nSPS) is 11.1. The predicted octanol–water partition coefficient (Wildman–Crippen LogP) is 3.24. The van der Waals surface area contributed by atoms with Crippen molar-refractivity contribution in [3.05, 3.63) is 65.4 Å². The third-order valence-electron chi connectivity index (χ3n) is 3.44. The van der Waals surface area contributed by atoms with Gasteiger partial charge in [0.25, 0.3) is 0 Å². The number of benzene rings is 1. The highest BCUT2D eigenvalue weighted by Gasteiger charge is 2.22. The Balaban J connectivity index is 1.90. The lowest BCUT2D eigenvalue weighted by Crippen LogP contribution is -2.18. The van der Waals surface area contributed by atoms with E-state index in [-0.39, 0.29) is 17.5 Å². The monoisotopic (exact) mass is 386 g/mol. The predicted molar refractivity (Wildman–Crippen MR) is 98.4 cm³/mol. The summed E-state index contributed by atoms with van der Waals surface area (Å²) < 4.78 is 12.1. The minimum absolute atomic E-state index is 0.0692. The first-order valence-corrected chi connectivity index (χ1v) is 8.14. The van der Waals surface area contributed by atoms with Crippen LogP contribution in [0.3, 0.4) is 0 Å². The van der Waals surface area contributed by atoms with Crippen molar-refractivity contribution in [2.45, 2.75) is 0 Å². The molecule has 138 valence electrons. The molecule has 0 fully saturated rings. The van der Waals surface area contributed by atoms with Crippen molar-refractivity contribution in [1.29, 1.82) is 0 Å². The van der Waals surface area contributed by atoms with E-state index in [1.165, 1.54) is 20.4 Å². The molecule has 9 heteroatoms. The minimum Gasteiger partial charge on any atom is -0.464 e. The molecule has 0 amide bonds. The Labute approximate surface area is 159 Å². The first-order chi connectivity index (χ1) is 13.1. The molecule has 0 aliphatic carbocycles. The third-order valence-corrected chi connectivity index (χ3v) is 3.70. The molecule has 0 aliphatic rings. The van der Waals surface area contributed by atoms with Crippen LogP contribution in [-0.4, -0.2) is 40.7 Å². The number of methoxy groups -OCH3 is 1. The summed E-state index contributed by atoms with van der Waals surface area (Å²) in [4.78, 5) is 20.9. The quantitative estimate of drug-likeness (QED) is 0.367. The molecule has 2 aromatic heterocycles. The molecule has 0 atom stereocenters. The number of halogens is 1. The van der Waals surface area contributed by atoms with Crippen molar-refractivity contribution >= 4 is 23.3 Å². The van der Waals surface area contributed by atoms with Gasteiger partial charge in [-0.1, -0.05) is 16.8 Å². The first kappa shape index (κ1) is 18.4. The number of carbonyl (C=O) groups excluding carboxylic acids is 1. The Bertz CT molecular complexity index is 970. The van der Waals surface area contributed by atoms with Crippen LogP contribution in [0.1, 0.15) is 5.56 Å². The van der Waals surface area contributed by atoms with Gasteiger partial charge in [-0.15, -0.1) is 5.10 Å². The van der Waals surface area contributed by atoms with Crippen molar-refractivity contribution in [3.63, 3.8) is 0 Å². The Hall–Kier alpha value is -3.39. The zero-order valence-corrected chi connectivity index (χ0v) is 15.3. The Morgan fingerprint density at radius 1 is 1.15 bits per heavy atom. The van der Waals surface area contributed by atoms with E-state index in [0.29, 0.717) is 10.6 Å². The summed E-state index contributed by atoms with van der Waals surface area (Å²) in [6, 6.07) is 12.1. The number of esters is 1. The number of rotatable bonds is 6. The van der Waals surface area contributed by atoms with Gasteiger partial charge >= 0.3 is 5.97 Å². The molecule has 27 heavy (non-hydrogen) atoms. The average molecular weight is 387 g/mol. The number of aromatic nitrogens is 3. The van der Waals surface area contributed by atoms with E-state index in [0.717, 1.165) is 5.69 Å². The van der Waals surface area contributed by atoms with Gasteiger partial charge < -0.3 is 14.3 Å². The second-order valence-corrected chi connectivity index (χ2v) is 5.58. The lowest BCUT2D eigenvalue weighted by molar-refractivity contribution is -0.132. The lowest BCUT2D eigenvalue weighted by Gasteiger charge is -2.08. The molecule has 0 aliphatic heterocycles. The minimum atomic E-state index is -0.679. The maximum Gasteiger partial charge on any atom is 0.360 e. The van der Waals surface area contributed by atoms with Crippen LogP contribution in [0.5, 0.6) is 11.8 Å². The van der Waals surface area contributed by atoms with Crippen molar-refractivity contribution in [2.75, 3.05) is 14.2 Å². The summed E-state index contributed by atoms with van der Waals surface area (Å²) in [6.07, 6.45) is 3.25. The van der Waals surface area contributed by atoms with Crippen LogP contribution in [0.2, 0.25) is 5.02 Å². The number of nitrogens with zero attached hydrogens (tertiary/aromatic N) is 4. The van der Waals surface area contributed by atoms with Gasteiger partial charge in [-0.05, 0) is 36.4 Å². The molecule has 0 spiro atoms. The molecule has 0 N–H and O–H groups in total. The van der Waals surface area contributed by atoms with Crippen LogP contribution in [0.15, 0.2) is 60.0 Å². The van der Waals surface area contributed by atoms with E-state index < -0.39 is 5.97 Å². The summed E-state index contributed by atoms with van der Waals surface area (Å²) in [5.41, 5.74) is 1.05. The largest absolute Gasteiger partial charge is 0.464 e. The van der Waals surface area contributed by atoms with E-state index in [2.05, 4.69) is 15.2 Å². The molecule has 8 nitrogen and oxygen atoms in total. The Morgan fingerprint density at radius 2 is 1.93 bits per heavy atom. The van der Waals surface area contributed by atoms with Gasteiger partial charge in [0.15, 0.2) is 5.71 Å². The van der Waals surface area contributed by atoms with Crippen molar-refractivity contribution in [2.24, 2.45) is 5.16 Å². The fraction of sp³-hybridized carbons (Fsp3) is 0.111. The van der Waals surface area contributed by atoms with Crippen LogP contribution in [-0.2, 0) is 14.4 Å². The SMILES string of the molecule is CO/N=C(/C(=O)OC)c1cccnc1Oc1ccn(-c2ccc(Cl)cc2)n1. The number of pyridine rings is 1. The molecule has 2 heterocycles. The van der Waals surface area contributed by atoms with E-state index in [4.69, 9.17) is 25.9 Å². The second kappa shape index (κ2) is 8.33. The lowest BCUT2D eigenvalue weighted by atomic mass is 10.1. The molecule has 0 saturated heterocycles. The molecule has 0 bridgehead atoms. The Kier molecular flexibility index (Phi) is 5.68. The summed E-state index contributed by atoms with van der Waals surface area (Å²) in [7, 11) is 2.58. The van der Waals surface area contributed by atoms with Crippen LogP contribution in [0, 0.1) is 0 Å². The molecule has 0 saturated carbocycles. The fourth-order valence-electron chi connectivity index (χ4n) is 2.24. The van der Waals surface area contributed by atoms with Gasteiger partial charge in [0.1, 0.15) is 7.11 Å². The van der Waals surface area contributed by atoms with Gasteiger partial charge in [0.2, 0.25) is 11.8 Å². The van der Waals surface area contributed by atoms with E-state index in [9.17, 15) is 4.79 Å². The molecule has 1 aromatic carbocycles. The molecular formula is C18H15ClN4O4. The maximum atomic E-state index is 12.0. The number of oxime groups is 1. The second-order valence-electron chi connectivity index (χ2n) is 5.15. The molecular weight excluding hydrogens is 372 g/mol. The van der Waals surface area contributed by atoms with Crippen LogP contribution >= 0.6 is 11.6 Å². The molecule has 0 radical (unpaired) electrons. The average Bonchev–Trinajstić information content (AvgIpc) is 3.15. The van der Waals surface area contributed by atoms with Crippen molar-refractivity contribution in [3.8, 4) is 17.4 Å². The van der Waals surface area contributed by atoms with Gasteiger partial charge in [0, 0.05) is 23.5 Å². The smallest absolute Gasteiger partial charge is 0.360 e. The summed E-state index contributed by atoms with van der Waals surface area (Å²) in [6.45, 7) is 0. The standard InChI is InChI=1S/C18H15ClN4O4/c1-25-18(24)16(22-26-2)14-4-3-10-20-17(14)27-15-9-11-23(21-15)13-7-5-12(19)6-8-13/h3-11H,1-2H3/b22-16+. The number of ether oxygens (including phenoxy) is 2. The zero-order valence-electron chi connectivity index (χ0n) is 14.5. The zero-order chi connectivity index (χ0) is 19.2. The summed E-state index contributed by atoms with van der Waals surface area (Å²) >= 11 is 5.90. The van der Waals surface area contributed by atoms with E-state index in [1.807, 2.05) is 12.1 Å². The highest BCUT2D eigenvalue weighted by molar-refractivity contribution is 6.43. The summed E-state index contributed by atoms with van der Waals surface area (Å²) in [5.74, 6) is -0.256. The van der Waals surface area contributed by atoms with E-state index in [1.54, 1.807) is 41.2 Å². The molecule has 3 rings (SSSR count). The highest BCUT2D eigenvalue weighted by atomic mass is 35.5. The fourth-order valence-corrected chi connectivity index (χ4v) is 2.36. The topological polar surface area (TPSA) is 87.8 Å². The van der Waals surface area contributed by atoms with Crippen LogP contribution in [0.4, 0.5) is 0 Å². The van der Waals surface area contributed by atoms with Crippen LogP contribution < -0.4 is 4.74 Å². The Morgan fingerprint density at radius 3 is 2.63 bits per heavy atom. The van der Waals surface area contributed by atoms with E-state index >= 15 is 0 Å². The molecule has 3 aromatic rings. The van der Waals surface area contributed by atoms with Crippen LogP contribution in [0.25, 0.3) is 5.69 Å². The van der Waals surface area contributed by atoms with Crippen molar-refractivity contribution < 1.29 is 19.1 Å². The third kappa shape index (κ3) is 4.24. The number of hydrogen-bond acceptors (Lipinski definition) is 7. The highest BCUT2D eigenvalue weighted by Crippen LogP contribution is 2.23. The number of hydrogen-bond donors (Lipinski definition) is 0.